The molecule has 1 saturated heterocycles. The fourth-order valence-corrected chi connectivity index (χ4v) is 3.88. The molecule has 1 aliphatic heterocycles. The normalized spacial score (nSPS) is 16.7. The van der Waals surface area contributed by atoms with E-state index >= 15 is 0 Å². The number of hydrogen-bond donors (Lipinski definition) is 0. The topological polar surface area (TPSA) is 56.1 Å². The van der Waals surface area contributed by atoms with Crippen LogP contribution in [0.1, 0.15) is 29.3 Å². The molecule has 6 nitrogen and oxygen atoms in total. The summed E-state index contributed by atoms with van der Waals surface area (Å²) < 4.78 is 7.59. The van der Waals surface area contributed by atoms with Gasteiger partial charge in [0.25, 0.3) is 0 Å². The third-order valence-electron chi connectivity index (χ3n) is 5.20. The second-order valence-electron chi connectivity index (χ2n) is 6.79. The van der Waals surface area contributed by atoms with Crippen molar-refractivity contribution in [1.82, 2.24) is 19.7 Å². The Morgan fingerprint density at radius 2 is 2.07 bits per heavy atom. The van der Waals surface area contributed by atoms with Gasteiger partial charge >= 0.3 is 0 Å². The molecule has 0 radical (unpaired) electrons. The Balaban J connectivity index is 1.52. The number of halogens is 1. The van der Waals surface area contributed by atoms with Gasteiger partial charge in [-0.25, -0.2) is 0 Å². The first-order valence-corrected chi connectivity index (χ1v) is 9.39. The van der Waals surface area contributed by atoms with E-state index in [0.29, 0.717) is 17.4 Å². The number of methoxy groups -OCH3 is 1. The second-order valence-corrected chi connectivity index (χ2v) is 7.20. The number of nitrogens with zero attached hydrogens (tertiary/aromatic N) is 5. The van der Waals surface area contributed by atoms with Crippen LogP contribution in [-0.2, 0) is 13.5 Å². The number of hydrogen-bond acceptors (Lipinski definition) is 5. The zero-order valence-corrected chi connectivity index (χ0v) is 16.2. The summed E-state index contributed by atoms with van der Waals surface area (Å²) in [6, 6.07) is 10.2. The van der Waals surface area contributed by atoms with Crippen LogP contribution < -0.4 is 9.64 Å². The average Bonchev–Trinajstić information content (AvgIpc) is 3.31. The summed E-state index contributed by atoms with van der Waals surface area (Å²) in [5, 5.41) is 9.49. The van der Waals surface area contributed by atoms with E-state index < -0.39 is 0 Å². The van der Waals surface area contributed by atoms with Crippen LogP contribution in [0, 0.1) is 0 Å². The fourth-order valence-electron chi connectivity index (χ4n) is 3.70. The molecular weight excluding hydrogens is 362 g/mol. The van der Waals surface area contributed by atoms with Gasteiger partial charge in [0.2, 0.25) is 5.95 Å². The van der Waals surface area contributed by atoms with Gasteiger partial charge in [-0.3, -0.25) is 4.98 Å². The monoisotopic (exact) mass is 383 g/mol. The van der Waals surface area contributed by atoms with Crippen molar-refractivity contribution in [3.8, 4) is 5.75 Å². The highest BCUT2D eigenvalue weighted by molar-refractivity contribution is 6.31. The van der Waals surface area contributed by atoms with Crippen LogP contribution in [0.25, 0.3) is 0 Å². The summed E-state index contributed by atoms with van der Waals surface area (Å²) in [7, 11) is 3.74. The Bertz CT molecular complexity index is 942. The molecule has 1 atom stereocenters. The Hall–Kier alpha value is -2.60. The molecule has 3 heterocycles. The Morgan fingerprint density at radius 1 is 1.22 bits per heavy atom. The lowest BCUT2D eigenvalue weighted by molar-refractivity contribution is 0.406. The van der Waals surface area contributed by atoms with Crippen LogP contribution in [0.2, 0.25) is 5.02 Å². The maximum Gasteiger partial charge on any atom is 0.226 e. The molecule has 0 bridgehead atoms. The van der Waals surface area contributed by atoms with E-state index in [0.717, 1.165) is 42.6 Å². The molecule has 140 valence electrons. The molecule has 3 aromatic rings. The highest BCUT2D eigenvalue weighted by Crippen LogP contribution is 2.35. The standard InChI is InChI=1S/C20H22ClN5O/c1-25-19(11-14-7-9-22-12-17(14)21)23-24-20(25)26-10-8-15(13-26)16-5-3-4-6-18(16)27-2/h3-7,9,12,15H,8,10-11,13H2,1-2H3. The molecule has 1 unspecified atom stereocenters. The number of benzene rings is 1. The summed E-state index contributed by atoms with van der Waals surface area (Å²) in [6.45, 7) is 1.85. The maximum atomic E-state index is 6.23. The third kappa shape index (κ3) is 3.49. The summed E-state index contributed by atoms with van der Waals surface area (Å²) >= 11 is 6.23. The highest BCUT2D eigenvalue weighted by Gasteiger charge is 2.29. The number of aromatic nitrogens is 4. The highest BCUT2D eigenvalue weighted by atomic mass is 35.5. The quantitative estimate of drug-likeness (QED) is 0.675. The molecule has 4 rings (SSSR count). The van der Waals surface area contributed by atoms with E-state index in [1.165, 1.54) is 5.56 Å². The van der Waals surface area contributed by atoms with Crippen molar-refractivity contribution < 1.29 is 4.74 Å². The van der Waals surface area contributed by atoms with Crippen LogP contribution in [-0.4, -0.2) is 39.9 Å². The number of rotatable bonds is 5. The van der Waals surface area contributed by atoms with E-state index in [9.17, 15) is 0 Å². The first-order valence-electron chi connectivity index (χ1n) is 9.02. The van der Waals surface area contributed by atoms with Crippen LogP contribution in [0.5, 0.6) is 5.75 Å². The number of anilines is 1. The van der Waals surface area contributed by atoms with Gasteiger partial charge in [0.1, 0.15) is 11.6 Å². The molecule has 7 heteroatoms. The number of pyridine rings is 1. The second kappa shape index (κ2) is 7.56. The van der Waals surface area contributed by atoms with Crippen molar-refractivity contribution in [3.63, 3.8) is 0 Å². The Kier molecular flexibility index (Phi) is 4.99. The molecular formula is C20H22ClN5O. The maximum absolute atomic E-state index is 6.23. The minimum Gasteiger partial charge on any atom is -0.496 e. The molecule has 0 N–H and O–H groups in total. The Labute approximate surface area is 163 Å². The van der Waals surface area contributed by atoms with Crippen LogP contribution in [0.4, 0.5) is 5.95 Å². The van der Waals surface area contributed by atoms with Gasteiger partial charge in [0, 0.05) is 44.9 Å². The number of ether oxygens (including phenoxy) is 1. The van der Waals surface area contributed by atoms with Crippen molar-refractivity contribution in [2.24, 2.45) is 7.05 Å². The van der Waals surface area contributed by atoms with Crippen molar-refractivity contribution in [2.75, 3.05) is 25.1 Å². The SMILES string of the molecule is COc1ccccc1C1CCN(c2nnc(Cc3ccncc3Cl)n2C)C1. The smallest absolute Gasteiger partial charge is 0.226 e. The summed E-state index contributed by atoms with van der Waals surface area (Å²) in [5.41, 5.74) is 2.26. The minimum absolute atomic E-state index is 0.427. The zero-order valence-electron chi connectivity index (χ0n) is 15.5. The predicted octanol–water partition coefficient (Wildman–Crippen LogP) is 3.46. The molecule has 2 aromatic heterocycles. The molecule has 0 amide bonds. The van der Waals surface area contributed by atoms with Crippen LogP contribution in [0.3, 0.4) is 0 Å². The third-order valence-corrected chi connectivity index (χ3v) is 5.54. The molecule has 0 spiro atoms. The van der Waals surface area contributed by atoms with E-state index in [1.54, 1.807) is 19.5 Å². The summed E-state index contributed by atoms with van der Waals surface area (Å²) in [4.78, 5) is 6.33. The lowest BCUT2D eigenvalue weighted by Crippen LogP contribution is -2.23. The summed E-state index contributed by atoms with van der Waals surface area (Å²) in [6.07, 6.45) is 5.11. The minimum atomic E-state index is 0.427. The van der Waals surface area contributed by atoms with Crippen molar-refractivity contribution >= 4 is 17.5 Å². The average molecular weight is 384 g/mol. The van der Waals surface area contributed by atoms with Gasteiger partial charge in [0.15, 0.2) is 0 Å². The van der Waals surface area contributed by atoms with Crippen LogP contribution >= 0.6 is 11.6 Å². The largest absolute Gasteiger partial charge is 0.496 e. The van der Waals surface area contributed by atoms with Gasteiger partial charge in [-0.1, -0.05) is 29.8 Å². The lowest BCUT2D eigenvalue weighted by Gasteiger charge is -2.18. The number of para-hydroxylation sites is 1. The molecule has 27 heavy (non-hydrogen) atoms. The molecule has 1 aromatic carbocycles. The van der Waals surface area contributed by atoms with Crippen LogP contribution in [0.15, 0.2) is 42.7 Å². The van der Waals surface area contributed by atoms with Crippen molar-refractivity contribution in [3.05, 3.63) is 64.7 Å². The lowest BCUT2D eigenvalue weighted by atomic mass is 9.97. The molecule has 1 fully saturated rings. The van der Waals surface area contributed by atoms with E-state index in [-0.39, 0.29) is 0 Å². The van der Waals surface area contributed by atoms with Gasteiger partial charge in [0.05, 0.1) is 12.1 Å². The van der Waals surface area contributed by atoms with Gasteiger partial charge < -0.3 is 14.2 Å². The van der Waals surface area contributed by atoms with Crippen molar-refractivity contribution in [2.45, 2.75) is 18.8 Å². The van der Waals surface area contributed by atoms with E-state index in [1.807, 2.05) is 25.2 Å². The molecule has 0 aliphatic carbocycles. The van der Waals surface area contributed by atoms with Gasteiger partial charge in [-0.2, -0.15) is 0 Å². The first-order chi connectivity index (χ1) is 13.2. The van der Waals surface area contributed by atoms with E-state index in [2.05, 4.69) is 36.8 Å². The molecule has 1 aliphatic rings. The molecule has 0 saturated carbocycles. The van der Waals surface area contributed by atoms with Gasteiger partial charge in [-0.05, 0) is 29.7 Å². The predicted molar refractivity (Wildman–Crippen MR) is 106 cm³/mol. The zero-order chi connectivity index (χ0) is 18.8. The Morgan fingerprint density at radius 3 is 2.89 bits per heavy atom. The fraction of sp³-hybridized carbons (Fsp3) is 0.350. The van der Waals surface area contributed by atoms with Gasteiger partial charge in [-0.15, -0.1) is 10.2 Å². The van der Waals surface area contributed by atoms with E-state index in [4.69, 9.17) is 16.3 Å². The first kappa shape index (κ1) is 17.8. The summed E-state index contributed by atoms with van der Waals surface area (Å²) in [5.74, 6) is 3.16. The van der Waals surface area contributed by atoms with Crippen molar-refractivity contribution in [1.29, 1.82) is 0 Å².